The number of benzene rings is 1. The van der Waals surface area contributed by atoms with Gasteiger partial charge in [0, 0.05) is 18.4 Å². The fraction of sp³-hybridized carbons (Fsp3) is 0.462. The number of phenolic OH excluding ortho intramolecular Hbond substituents is 1. The summed E-state index contributed by atoms with van der Waals surface area (Å²) >= 11 is 0. The molecular weight excluding hydrogens is 272 g/mol. The molecule has 2 aliphatic heterocycles. The zero-order valence-corrected chi connectivity index (χ0v) is 10.5. The van der Waals surface area contributed by atoms with Crippen LogP contribution in [0.3, 0.4) is 0 Å². The van der Waals surface area contributed by atoms with Gasteiger partial charge in [-0.15, -0.1) is 0 Å². The number of alkyl halides is 2. The minimum atomic E-state index is -2.97. The van der Waals surface area contributed by atoms with E-state index in [4.69, 9.17) is 9.57 Å². The molecule has 1 atom stereocenters. The molecule has 0 aliphatic carbocycles. The quantitative estimate of drug-likeness (QED) is 0.925. The maximum absolute atomic E-state index is 12.1. The van der Waals surface area contributed by atoms with E-state index in [2.05, 4.69) is 9.89 Å². The molecule has 1 fully saturated rings. The van der Waals surface area contributed by atoms with Gasteiger partial charge >= 0.3 is 6.61 Å². The first kappa shape index (κ1) is 13.1. The molecule has 0 saturated carbocycles. The van der Waals surface area contributed by atoms with E-state index >= 15 is 0 Å². The van der Waals surface area contributed by atoms with Crippen molar-refractivity contribution < 1.29 is 28.2 Å². The normalized spacial score (nSPS) is 25.1. The predicted octanol–water partition coefficient (Wildman–Crippen LogP) is 2.28. The van der Waals surface area contributed by atoms with E-state index in [-0.39, 0.29) is 11.5 Å². The van der Waals surface area contributed by atoms with Crippen LogP contribution >= 0.6 is 0 Å². The Hall–Kier alpha value is -1.89. The molecule has 1 N–H and O–H groups in total. The lowest BCUT2D eigenvalue weighted by Gasteiger charge is -2.17. The molecule has 2 aliphatic rings. The number of oxime groups is 1. The fourth-order valence-corrected chi connectivity index (χ4v) is 2.37. The third-order valence-corrected chi connectivity index (χ3v) is 3.41. The molecule has 1 unspecified atom stereocenters. The van der Waals surface area contributed by atoms with Gasteiger partial charge in [0.25, 0.3) is 0 Å². The second-order valence-corrected chi connectivity index (χ2v) is 4.85. The lowest BCUT2D eigenvalue weighted by molar-refractivity contribution is -0.0512. The van der Waals surface area contributed by atoms with Gasteiger partial charge in [-0.25, -0.2) is 0 Å². The molecule has 20 heavy (non-hydrogen) atoms. The van der Waals surface area contributed by atoms with Gasteiger partial charge in [0.15, 0.2) is 17.1 Å². The zero-order chi connectivity index (χ0) is 14.2. The van der Waals surface area contributed by atoms with Crippen molar-refractivity contribution >= 4 is 5.71 Å². The van der Waals surface area contributed by atoms with E-state index < -0.39 is 12.2 Å². The van der Waals surface area contributed by atoms with E-state index in [0.29, 0.717) is 30.9 Å². The minimum absolute atomic E-state index is 0.262. The molecule has 0 radical (unpaired) electrons. The Morgan fingerprint density at radius 3 is 2.90 bits per heavy atom. The predicted molar refractivity (Wildman–Crippen MR) is 65.1 cm³/mol. The number of hydrogen-bond donors (Lipinski definition) is 1. The van der Waals surface area contributed by atoms with Gasteiger partial charge in [0.1, 0.15) is 0 Å². The van der Waals surface area contributed by atoms with Gasteiger partial charge in [-0.05, 0) is 18.2 Å². The Labute approximate surface area is 113 Å². The van der Waals surface area contributed by atoms with Gasteiger partial charge in [-0.3, -0.25) is 0 Å². The third kappa shape index (κ3) is 2.40. The molecule has 3 rings (SSSR count). The second kappa shape index (κ2) is 4.90. The molecule has 2 heterocycles. The topological polar surface area (TPSA) is 60.3 Å². The summed E-state index contributed by atoms with van der Waals surface area (Å²) in [5.41, 5.74) is 0.866. The highest BCUT2D eigenvalue weighted by Crippen LogP contribution is 2.36. The van der Waals surface area contributed by atoms with Gasteiger partial charge < -0.3 is 19.4 Å². The maximum Gasteiger partial charge on any atom is 0.387 e. The Morgan fingerprint density at radius 1 is 1.40 bits per heavy atom. The molecule has 0 aromatic heterocycles. The average Bonchev–Trinajstić information content (AvgIpc) is 3.03. The van der Waals surface area contributed by atoms with Crippen LogP contribution in [0.5, 0.6) is 11.5 Å². The van der Waals surface area contributed by atoms with Crippen LogP contribution in [0.25, 0.3) is 0 Å². The van der Waals surface area contributed by atoms with Crippen molar-refractivity contribution in [3.8, 4) is 11.5 Å². The summed E-state index contributed by atoms with van der Waals surface area (Å²) in [5, 5.41) is 13.7. The van der Waals surface area contributed by atoms with Crippen LogP contribution in [0.1, 0.15) is 18.4 Å². The summed E-state index contributed by atoms with van der Waals surface area (Å²) in [6.45, 7) is -1.86. The van der Waals surface area contributed by atoms with Gasteiger partial charge in [-0.1, -0.05) is 5.16 Å². The first-order valence-corrected chi connectivity index (χ1v) is 6.19. The van der Waals surface area contributed by atoms with Crippen LogP contribution in [0.2, 0.25) is 0 Å². The van der Waals surface area contributed by atoms with E-state index in [9.17, 15) is 13.9 Å². The summed E-state index contributed by atoms with van der Waals surface area (Å²) in [4.78, 5) is 5.43. The maximum atomic E-state index is 12.1. The van der Waals surface area contributed by atoms with Crippen molar-refractivity contribution in [2.24, 2.45) is 5.16 Å². The monoisotopic (exact) mass is 285 g/mol. The third-order valence-electron chi connectivity index (χ3n) is 3.41. The number of nitrogens with zero attached hydrogens (tertiary/aromatic N) is 1. The summed E-state index contributed by atoms with van der Waals surface area (Å²) in [5.74, 6) is -0.615. The lowest BCUT2D eigenvalue weighted by Crippen LogP contribution is -2.29. The van der Waals surface area contributed by atoms with E-state index in [1.165, 1.54) is 12.1 Å². The number of aromatic hydroxyl groups is 1. The molecule has 1 aromatic carbocycles. The first-order chi connectivity index (χ1) is 9.58. The average molecular weight is 285 g/mol. The number of halogens is 2. The van der Waals surface area contributed by atoms with Crippen LogP contribution in [-0.4, -0.2) is 36.2 Å². The molecule has 1 saturated heterocycles. The van der Waals surface area contributed by atoms with Crippen molar-refractivity contribution in [3.63, 3.8) is 0 Å². The summed E-state index contributed by atoms with van der Waals surface area (Å²) < 4.78 is 33.7. The highest BCUT2D eigenvalue weighted by atomic mass is 19.3. The fourth-order valence-electron chi connectivity index (χ4n) is 2.37. The van der Waals surface area contributed by atoms with E-state index in [1.807, 2.05) is 0 Å². The van der Waals surface area contributed by atoms with Crippen LogP contribution < -0.4 is 4.74 Å². The van der Waals surface area contributed by atoms with Crippen molar-refractivity contribution in [3.05, 3.63) is 23.8 Å². The Balaban J connectivity index is 1.77. The first-order valence-electron chi connectivity index (χ1n) is 6.19. The highest BCUT2D eigenvalue weighted by molar-refractivity contribution is 6.02. The van der Waals surface area contributed by atoms with Gasteiger partial charge in [0.2, 0.25) is 0 Å². The lowest BCUT2D eigenvalue weighted by atomic mass is 9.93. The Kier molecular flexibility index (Phi) is 3.21. The van der Waals surface area contributed by atoms with Crippen molar-refractivity contribution in [2.75, 3.05) is 13.2 Å². The van der Waals surface area contributed by atoms with Crippen molar-refractivity contribution in [1.82, 2.24) is 0 Å². The molecule has 7 heteroatoms. The molecule has 1 aromatic rings. The molecule has 108 valence electrons. The highest BCUT2D eigenvalue weighted by Gasteiger charge is 2.43. The molecule has 0 amide bonds. The largest absolute Gasteiger partial charge is 0.504 e. The van der Waals surface area contributed by atoms with Crippen LogP contribution in [0.4, 0.5) is 8.78 Å². The number of hydrogen-bond acceptors (Lipinski definition) is 5. The molecule has 1 spiro atoms. The summed E-state index contributed by atoms with van der Waals surface area (Å²) in [7, 11) is 0. The number of ether oxygens (including phenoxy) is 2. The van der Waals surface area contributed by atoms with Crippen LogP contribution in [-0.2, 0) is 9.57 Å². The Morgan fingerprint density at radius 2 is 2.25 bits per heavy atom. The smallest absolute Gasteiger partial charge is 0.387 e. The standard InChI is InChI=1S/C13H13F2NO4/c14-12(15)19-11-2-1-8(5-10(11)17)9-6-13(20-16-9)3-4-18-7-13/h1-2,5,12,17H,3-4,6-7H2. The number of phenols is 1. The minimum Gasteiger partial charge on any atom is -0.504 e. The zero-order valence-electron chi connectivity index (χ0n) is 10.5. The summed E-state index contributed by atoms with van der Waals surface area (Å²) in [6.07, 6.45) is 1.33. The van der Waals surface area contributed by atoms with E-state index in [1.54, 1.807) is 6.07 Å². The summed E-state index contributed by atoms with van der Waals surface area (Å²) in [6, 6.07) is 4.19. The van der Waals surface area contributed by atoms with Crippen LogP contribution in [0.15, 0.2) is 23.4 Å². The van der Waals surface area contributed by atoms with Crippen LogP contribution in [0, 0.1) is 0 Å². The van der Waals surface area contributed by atoms with Gasteiger partial charge in [0.05, 0.1) is 18.9 Å². The van der Waals surface area contributed by atoms with Gasteiger partial charge in [-0.2, -0.15) is 8.78 Å². The Bertz CT molecular complexity index is 541. The molecule has 0 bridgehead atoms. The SMILES string of the molecule is Oc1cc(C2=NOC3(CCOC3)C2)ccc1OC(F)F. The molecule has 5 nitrogen and oxygen atoms in total. The second-order valence-electron chi connectivity index (χ2n) is 4.85. The van der Waals surface area contributed by atoms with Crippen molar-refractivity contribution in [1.29, 1.82) is 0 Å². The van der Waals surface area contributed by atoms with E-state index in [0.717, 1.165) is 6.42 Å². The number of rotatable bonds is 3. The molecular formula is C13H13F2NO4. The van der Waals surface area contributed by atoms with Crippen molar-refractivity contribution in [2.45, 2.75) is 25.1 Å².